The average molecular weight is 451 g/mol. The maximum atomic E-state index is 13.6. The van der Waals surface area contributed by atoms with E-state index in [1.807, 2.05) is 109 Å². The summed E-state index contributed by atoms with van der Waals surface area (Å²) >= 11 is 0. The number of benzene rings is 4. The Morgan fingerprint density at radius 1 is 0.735 bits per heavy atom. The molecule has 0 aliphatic carbocycles. The summed E-state index contributed by atoms with van der Waals surface area (Å²) in [4.78, 5) is 17.6. The van der Waals surface area contributed by atoms with Gasteiger partial charge in [0.2, 0.25) is 0 Å². The molecule has 4 aromatic rings. The van der Waals surface area contributed by atoms with Crippen LogP contribution in [0.15, 0.2) is 121 Å². The lowest BCUT2D eigenvalue weighted by atomic mass is 10.0. The van der Waals surface area contributed by atoms with E-state index in [9.17, 15) is 4.79 Å². The minimum absolute atomic E-state index is 0.0733. The Labute approximate surface area is 199 Å². The molecule has 0 unspecified atom stereocenters. The molecule has 1 saturated heterocycles. The first-order valence-electron chi connectivity index (χ1n) is 11.4. The first-order valence-corrected chi connectivity index (χ1v) is 11.4. The molecule has 1 amide bonds. The lowest BCUT2D eigenvalue weighted by Crippen LogP contribution is -2.71. The van der Waals surface area contributed by atoms with Crippen molar-refractivity contribution >= 4 is 17.3 Å². The number of anilines is 2. The van der Waals surface area contributed by atoms with Crippen LogP contribution in [0.1, 0.15) is 0 Å². The zero-order valence-electron chi connectivity index (χ0n) is 18.7. The predicted octanol–water partition coefficient (Wildman–Crippen LogP) is 5.39. The molecule has 2 atom stereocenters. The Morgan fingerprint density at radius 2 is 1.26 bits per heavy atom. The number of rotatable bonds is 8. The Bertz CT molecular complexity index is 1190. The maximum Gasteiger partial charge on any atom is 0.266 e. The zero-order valence-corrected chi connectivity index (χ0v) is 18.7. The van der Waals surface area contributed by atoms with E-state index in [1.54, 1.807) is 4.90 Å². The second-order valence-electron chi connectivity index (χ2n) is 8.07. The van der Waals surface area contributed by atoms with Crippen LogP contribution in [0, 0.1) is 0 Å². The topological polar surface area (TPSA) is 42.0 Å². The Morgan fingerprint density at radius 3 is 1.88 bits per heavy atom. The van der Waals surface area contributed by atoms with E-state index in [1.165, 1.54) is 0 Å². The molecule has 4 aromatic carbocycles. The molecule has 5 rings (SSSR count). The number of ether oxygens (including phenoxy) is 2. The summed E-state index contributed by atoms with van der Waals surface area (Å²) in [5, 5.41) is 0. The van der Waals surface area contributed by atoms with Gasteiger partial charge in [-0.3, -0.25) is 9.69 Å². The molecule has 1 fully saturated rings. The van der Waals surface area contributed by atoms with Crippen molar-refractivity contribution in [1.29, 1.82) is 0 Å². The van der Waals surface area contributed by atoms with Crippen LogP contribution in [0.3, 0.4) is 0 Å². The van der Waals surface area contributed by atoms with Crippen molar-refractivity contribution in [2.75, 3.05) is 23.0 Å². The van der Waals surface area contributed by atoms with E-state index >= 15 is 0 Å². The van der Waals surface area contributed by atoms with Crippen LogP contribution in [0.5, 0.6) is 11.5 Å². The first kappa shape index (κ1) is 21.6. The summed E-state index contributed by atoms with van der Waals surface area (Å²) in [5.41, 5.74) is 1.84. The highest BCUT2D eigenvalue weighted by Gasteiger charge is 2.47. The second kappa shape index (κ2) is 10.1. The van der Waals surface area contributed by atoms with Gasteiger partial charge in [0.15, 0.2) is 12.7 Å². The largest absolute Gasteiger partial charge is 0.484 e. The van der Waals surface area contributed by atoms with Crippen molar-refractivity contribution in [3.8, 4) is 11.5 Å². The lowest BCUT2D eigenvalue weighted by Gasteiger charge is -2.53. The number of nitrogens with zero attached hydrogens (tertiary/aromatic N) is 2. The summed E-state index contributed by atoms with van der Waals surface area (Å²) in [6.45, 7) is 0.593. The molecule has 34 heavy (non-hydrogen) atoms. The van der Waals surface area contributed by atoms with Crippen molar-refractivity contribution in [3.63, 3.8) is 0 Å². The summed E-state index contributed by atoms with van der Waals surface area (Å²) in [7, 11) is 0. The molecule has 170 valence electrons. The third-order valence-corrected chi connectivity index (χ3v) is 5.82. The van der Waals surface area contributed by atoms with E-state index in [0.717, 1.165) is 17.1 Å². The summed E-state index contributed by atoms with van der Waals surface area (Å²) in [5.74, 6) is 1.31. The van der Waals surface area contributed by atoms with Gasteiger partial charge in [-0.25, -0.2) is 0 Å². The third-order valence-electron chi connectivity index (χ3n) is 5.82. The quantitative estimate of drug-likeness (QED) is 0.361. The molecule has 0 spiro atoms. The Kier molecular flexibility index (Phi) is 6.43. The van der Waals surface area contributed by atoms with E-state index in [-0.39, 0.29) is 24.8 Å². The van der Waals surface area contributed by atoms with Crippen molar-refractivity contribution in [1.82, 2.24) is 0 Å². The SMILES string of the molecule is O=C(COc1ccccc1)N(c1ccccc1)[C@H]1[C@H](Oc2ccccc2)CN1c1ccccc1. The Balaban J connectivity index is 1.46. The normalized spacial score (nSPS) is 16.9. The number of carbonyl (C=O) groups is 1. The first-order chi connectivity index (χ1) is 16.8. The monoisotopic (exact) mass is 450 g/mol. The fraction of sp³-hybridized carbons (Fsp3) is 0.138. The molecule has 0 radical (unpaired) electrons. The number of para-hydroxylation sites is 4. The minimum atomic E-state index is -0.322. The fourth-order valence-electron chi connectivity index (χ4n) is 4.18. The summed E-state index contributed by atoms with van der Waals surface area (Å²) in [6, 6.07) is 39.0. The van der Waals surface area contributed by atoms with Crippen LogP contribution in [0.4, 0.5) is 11.4 Å². The molecule has 1 aliphatic rings. The van der Waals surface area contributed by atoms with Crippen LogP contribution in [0.25, 0.3) is 0 Å². The van der Waals surface area contributed by atoms with Crippen LogP contribution < -0.4 is 19.3 Å². The Hall–Kier alpha value is -4.25. The highest BCUT2D eigenvalue weighted by atomic mass is 16.5. The van der Waals surface area contributed by atoms with E-state index in [4.69, 9.17) is 9.47 Å². The molecule has 0 N–H and O–H groups in total. The van der Waals surface area contributed by atoms with Crippen molar-refractivity contribution < 1.29 is 14.3 Å². The predicted molar refractivity (Wildman–Crippen MR) is 134 cm³/mol. The number of amides is 1. The van der Waals surface area contributed by atoms with Crippen molar-refractivity contribution in [2.45, 2.75) is 12.3 Å². The van der Waals surface area contributed by atoms with E-state index in [0.29, 0.717) is 12.3 Å². The zero-order chi connectivity index (χ0) is 23.2. The van der Waals surface area contributed by atoms with Gasteiger partial charge in [-0.1, -0.05) is 72.8 Å². The highest BCUT2D eigenvalue weighted by molar-refractivity contribution is 5.96. The highest BCUT2D eigenvalue weighted by Crippen LogP contribution is 2.34. The smallest absolute Gasteiger partial charge is 0.266 e. The lowest BCUT2D eigenvalue weighted by molar-refractivity contribution is -0.122. The van der Waals surface area contributed by atoms with Crippen LogP contribution >= 0.6 is 0 Å². The van der Waals surface area contributed by atoms with Crippen LogP contribution in [0.2, 0.25) is 0 Å². The average Bonchev–Trinajstić information content (AvgIpc) is 2.90. The molecule has 1 aliphatic heterocycles. The van der Waals surface area contributed by atoms with Gasteiger partial charge in [-0.15, -0.1) is 0 Å². The molecule has 1 heterocycles. The van der Waals surface area contributed by atoms with Gasteiger partial charge in [0, 0.05) is 11.4 Å². The van der Waals surface area contributed by atoms with Gasteiger partial charge in [0.1, 0.15) is 17.7 Å². The standard InChI is InChI=1S/C29H26N2O3/c32-28(22-33-25-17-9-3-10-18-25)31(24-15-7-2-8-16-24)29-27(34-26-19-11-4-12-20-26)21-30(29)23-13-5-1-6-14-23/h1-20,27,29H,21-22H2/t27-,29+/m1/s1. The van der Waals surface area contributed by atoms with Gasteiger partial charge >= 0.3 is 0 Å². The van der Waals surface area contributed by atoms with Gasteiger partial charge in [0.05, 0.1) is 6.54 Å². The van der Waals surface area contributed by atoms with Crippen molar-refractivity contribution in [3.05, 3.63) is 121 Å². The number of hydrogen-bond donors (Lipinski definition) is 0. The summed E-state index contributed by atoms with van der Waals surface area (Å²) in [6.07, 6.45) is -0.527. The number of hydrogen-bond acceptors (Lipinski definition) is 4. The molecular weight excluding hydrogens is 424 g/mol. The molecule has 0 bridgehead atoms. The molecule has 0 aromatic heterocycles. The minimum Gasteiger partial charge on any atom is -0.484 e. The van der Waals surface area contributed by atoms with Gasteiger partial charge < -0.3 is 14.4 Å². The second-order valence-corrected chi connectivity index (χ2v) is 8.07. The molecule has 5 heteroatoms. The van der Waals surface area contributed by atoms with Gasteiger partial charge in [-0.05, 0) is 48.5 Å². The number of carbonyl (C=O) groups excluding carboxylic acids is 1. The van der Waals surface area contributed by atoms with Crippen LogP contribution in [-0.4, -0.2) is 31.3 Å². The third kappa shape index (κ3) is 4.74. The van der Waals surface area contributed by atoms with Crippen molar-refractivity contribution in [2.24, 2.45) is 0 Å². The van der Waals surface area contributed by atoms with E-state index < -0.39 is 0 Å². The van der Waals surface area contributed by atoms with Gasteiger partial charge in [-0.2, -0.15) is 0 Å². The van der Waals surface area contributed by atoms with Gasteiger partial charge in [0.25, 0.3) is 5.91 Å². The van der Waals surface area contributed by atoms with E-state index in [2.05, 4.69) is 17.0 Å². The van der Waals surface area contributed by atoms with Crippen LogP contribution in [-0.2, 0) is 4.79 Å². The summed E-state index contributed by atoms with van der Waals surface area (Å²) < 4.78 is 12.2. The molecular formula is C29H26N2O3. The maximum absolute atomic E-state index is 13.6. The molecule has 0 saturated carbocycles. The fourth-order valence-corrected chi connectivity index (χ4v) is 4.18. The molecule has 5 nitrogen and oxygen atoms in total.